The van der Waals surface area contributed by atoms with E-state index in [9.17, 15) is 14.3 Å². The molecule has 20 heavy (non-hydrogen) atoms. The summed E-state index contributed by atoms with van der Waals surface area (Å²) in [4.78, 5) is 14.5. The van der Waals surface area contributed by atoms with Crippen LogP contribution in [0.1, 0.15) is 26.2 Å². The lowest BCUT2D eigenvalue weighted by Gasteiger charge is -2.41. The maximum atomic E-state index is 12.8. The van der Waals surface area contributed by atoms with Gasteiger partial charge in [-0.3, -0.25) is 9.69 Å². The minimum atomic E-state index is -0.735. The van der Waals surface area contributed by atoms with Crippen LogP contribution in [0.3, 0.4) is 0 Å². The molecule has 0 aromatic heterocycles. The van der Waals surface area contributed by atoms with Crippen molar-refractivity contribution in [2.75, 3.05) is 18.8 Å². The second-order valence-corrected chi connectivity index (χ2v) is 6.49. The van der Waals surface area contributed by atoms with Gasteiger partial charge in [-0.05, 0) is 57.0 Å². The zero-order valence-electron chi connectivity index (χ0n) is 11.6. The van der Waals surface area contributed by atoms with Crippen molar-refractivity contribution in [2.45, 2.75) is 36.6 Å². The van der Waals surface area contributed by atoms with Crippen LogP contribution in [-0.2, 0) is 4.79 Å². The zero-order valence-corrected chi connectivity index (χ0v) is 12.5. The molecule has 110 valence electrons. The van der Waals surface area contributed by atoms with Crippen molar-refractivity contribution in [3.05, 3.63) is 30.1 Å². The molecular weight excluding hydrogens is 277 g/mol. The molecule has 1 N–H and O–H groups in total. The fourth-order valence-corrected chi connectivity index (χ4v) is 3.46. The summed E-state index contributed by atoms with van der Waals surface area (Å²) < 4.78 is 12.8. The molecule has 1 saturated heterocycles. The summed E-state index contributed by atoms with van der Waals surface area (Å²) in [5.74, 6) is -0.151. The molecule has 1 atom stereocenters. The third-order valence-electron chi connectivity index (χ3n) is 3.94. The molecule has 1 aliphatic rings. The quantitative estimate of drug-likeness (QED) is 0.847. The predicted octanol–water partition coefficient (Wildman–Crippen LogP) is 3.25. The van der Waals surface area contributed by atoms with Crippen molar-refractivity contribution in [3.63, 3.8) is 0 Å². The van der Waals surface area contributed by atoms with E-state index in [2.05, 4.69) is 4.90 Å². The molecule has 1 heterocycles. The third-order valence-corrected chi connectivity index (χ3v) is 4.94. The molecular formula is C15H20FNO2S. The Morgan fingerprint density at radius 1 is 1.40 bits per heavy atom. The van der Waals surface area contributed by atoms with Crippen molar-refractivity contribution in [3.8, 4) is 0 Å². The van der Waals surface area contributed by atoms with Gasteiger partial charge in [0.05, 0.1) is 0 Å². The maximum Gasteiger partial charge on any atom is 0.323 e. The maximum absolute atomic E-state index is 12.8. The smallest absolute Gasteiger partial charge is 0.323 e. The molecule has 1 fully saturated rings. The zero-order chi connectivity index (χ0) is 14.6. The Morgan fingerprint density at radius 2 is 2.10 bits per heavy atom. The molecule has 0 saturated carbocycles. The number of hydrogen-bond donors (Lipinski definition) is 1. The number of aliphatic carboxylic acids is 1. The van der Waals surface area contributed by atoms with Gasteiger partial charge in [0, 0.05) is 17.2 Å². The standard InChI is InChI=1S/C15H20FNO2S/c1-15(14(18)19)8-2-3-9-17(15)10-11-20-13-6-4-12(16)5-7-13/h4-7H,2-3,8-11H2,1H3,(H,18,19). The average Bonchev–Trinajstić information content (AvgIpc) is 2.43. The minimum absolute atomic E-state index is 0.233. The van der Waals surface area contributed by atoms with Gasteiger partial charge in [-0.2, -0.15) is 0 Å². The van der Waals surface area contributed by atoms with Crippen molar-refractivity contribution >= 4 is 17.7 Å². The number of benzene rings is 1. The van der Waals surface area contributed by atoms with Crippen LogP contribution in [0.25, 0.3) is 0 Å². The van der Waals surface area contributed by atoms with E-state index in [0.29, 0.717) is 6.42 Å². The Morgan fingerprint density at radius 3 is 2.75 bits per heavy atom. The highest BCUT2D eigenvalue weighted by molar-refractivity contribution is 7.99. The number of carboxylic acids is 1. The average molecular weight is 297 g/mol. The molecule has 0 aliphatic carbocycles. The van der Waals surface area contributed by atoms with E-state index in [0.717, 1.165) is 36.6 Å². The third kappa shape index (κ3) is 3.52. The fraction of sp³-hybridized carbons (Fsp3) is 0.533. The number of thioether (sulfide) groups is 1. The van der Waals surface area contributed by atoms with E-state index >= 15 is 0 Å². The van der Waals surface area contributed by atoms with Gasteiger partial charge in [0.15, 0.2) is 0 Å². The van der Waals surface area contributed by atoms with E-state index in [1.54, 1.807) is 23.9 Å². The van der Waals surface area contributed by atoms with Crippen LogP contribution in [0.15, 0.2) is 29.2 Å². The second kappa shape index (κ2) is 6.59. The van der Waals surface area contributed by atoms with Gasteiger partial charge < -0.3 is 5.11 Å². The molecule has 3 nitrogen and oxygen atoms in total. The van der Waals surface area contributed by atoms with E-state index in [1.807, 2.05) is 6.92 Å². The number of piperidine rings is 1. The van der Waals surface area contributed by atoms with Crippen LogP contribution in [0.4, 0.5) is 4.39 Å². The minimum Gasteiger partial charge on any atom is -0.480 e. The van der Waals surface area contributed by atoms with Crippen molar-refractivity contribution in [1.29, 1.82) is 0 Å². The Balaban J connectivity index is 1.88. The Labute approximate surface area is 123 Å². The summed E-state index contributed by atoms with van der Waals surface area (Å²) >= 11 is 1.63. The first-order valence-corrected chi connectivity index (χ1v) is 7.88. The molecule has 1 aromatic carbocycles. The highest BCUT2D eigenvalue weighted by atomic mass is 32.2. The summed E-state index contributed by atoms with van der Waals surface area (Å²) in [7, 11) is 0. The monoisotopic (exact) mass is 297 g/mol. The number of carboxylic acid groups (broad SMARTS) is 1. The van der Waals surface area contributed by atoms with Crippen LogP contribution in [0, 0.1) is 5.82 Å². The van der Waals surface area contributed by atoms with Crippen LogP contribution >= 0.6 is 11.8 Å². The molecule has 1 unspecified atom stereocenters. The molecule has 0 bridgehead atoms. The van der Waals surface area contributed by atoms with Crippen LogP contribution < -0.4 is 0 Å². The highest BCUT2D eigenvalue weighted by Crippen LogP contribution is 2.29. The van der Waals surface area contributed by atoms with Crippen molar-refractivity contribution < 1.29 is 14.3 Å². The fourth-order valence-electron chi connectivity index (χ4n) is 2.58. The van der Waals surface area contributed by atoms with E-state index in [4.69, 9.17) is 0 Å². The van der Waals surface area contributed by atoms with E-state index in [-0.39, 0.29) is 5.82 Å². The summed E-state index contributed by atoms with van der Waals surface area (Å²) in [5.41, 5.74) is -0.735. The van der Waals surface area contributed by atoms with Gasteiger partial charge >= 0.3 is 5.97 Å². The van der Waals surface area contributed by atoms with Crippen LogP contribution in [0.5, 0.6) is 0 Å². The number of likely N-dealkylation sites (tertiary alicyclic amines) is 1. The van der Waals surface area contributed by atoms with E-state index < -0.39 is 11.5 Å². The van der Waals surface area contributed by atoms with Crippen LogP contribution in [0.2, 0.25) is 0 Å². The summed E-state index contributed by atoms with van der Waals surface area (Å²) in [6.07, 6.45) is 2.75. The topological polar surface area (TPSA) is 40.5 Å². The first-order chi connectivity index (χ1) is 9.52. The SMILES string of the molecule is CC1(C(=O)O)CCCCN1CCSc1ccc(F)cc1. The largest absolute Gasteiger partial charge is 0.480 e. The lowest BCUT2D eigenvalue weighted by atomic mass is 9.88. The first-order valence-electron chi connectivity index (χ1n) is 6.89. The Bertz CT molecular complexity index is 465. The molecule has 5 heteroatoms. The highest BCUT2D eigenvalue weighted by Gasteiger charge is 2.40. The second-order valence-electron chi connectivity index (χ2n) is 5.33. The van der Waals surface area contributed by atoms with Crippen molar-refractivity contribution in [1.82, 2.24) is 4.90 Å². The molecule has 0 radical (unpaired) electrons. The molecule has 0 spiro atoms. The Hall–Kier alpha value is -1.07. The normalized spacial score (nSPS) is 23.7. The Kier molecular flexibility index (Phi) is 5.05. The molecule has 2 rings (SSSR count). The number of rotatable bonds is 5. The number of nitrogens with zero attached hydrogens (tertiary/aromatic N) is 1. The van der Waals surface area contributed by atoms with Crippen molar-refractivity contribution in [2.24, 2.45) is 0 Å². The lowest BCUT2D eigenvalue weighted by Crippen LogP contribution is -2.55. The van der Waals surface area contributed by atoms with Gasteiger partial charge in [-0.1, -0.05) is 0 Å². The van der Waals surface area contributed by atoms with Gasteiger partial charge in [0.25, 0.3) is 0 Å². The first kappa shape index (κ1) is 15.3. The summed E-state index contributed by atoms with van der Waals surface area (Å²) in [5, 5.41) is 9.42. The predicted molar refractivity (Wildman–Crippen MR) is 78.6 cm³/mol. The number of carbonyl (C=O) groups is 1. The molecule has 1 aromatic rings. The molecule has 0 amide bonds. The van der Waals surface area contributed by atoms with Gasteiger partial charge in [-0.15, -0.1) is 11.8 Å². The van der Waals surface area contributed by atoms with Gasteiger partial charge in [0.1, 0.15) is 11.4 Å². The number of halogens is 1. The number of hydrogen-bond acceptors (Lipinski definition) is 3. The van der Waals surface area contributed by atoms with Crippen LogP contribution in [-0.4, -0.2) is 40.4 Å². The summed E-state index contributed by atoms with van der Waals surface area (Å²) in [6, 6.07) is 6.41. The lowest BCUT2D eigenvalue weighted by molar-refractivity contribution is -0.152. The molecule has 1 aliphatic heterocycles. The summed E-state index contributed by atoms with van der Waals surface area (Å²) in [6.45, 7) is 3.40. The van der Waals surface area contributed by atoms with E-state index in [1.165, 1.54) is 12.1 Å². The van der Waals surface area contributed by atoms with Gasteiger partial charge in [0.2, 0.25) is 0 Å². The van der Waals surface area contributed by atoms with Gasteiger partial charge in [-0.25, -0.2) is 4.39 Å².